The quantitative estimate of drug-likeness (QED) is 0.901. The zero-order chi connectivity index (χ0) is 14.0. The average molecular weight is 261 g/mol. The molecule has 0 radical (unpaired) electrons. The molecule has 1 aliphatic heterocycles. The molecule has 2 rings (SSSR count). The fraction of sp³-hybridized carbons (Fsp3) is 0.562. The van der Waals surface area contributed by atoms with E-state index in [4.69, 9.17) is 5.11 Å². The standard InChI is InChI=1S/C16H23NO2/c1-12(2)13-4-6-14(7-5-13)17-9-8-16(3,11-17)10-15(18)19/h4-7,12H,8-11H2,1-3H3,(H,18,19). The number of anilines is 1. The van der Waals surface area contributed by atoms with Crippen molar-refractivity contribution in [1.29, 1.82) is 0 Å². The molecule has 1 unspecified atom stereocenters. The number of rotatable bonds is 4. The van der Waals surface area contributed by atoms with Gasteiger partial charge in [-0.05, 0) is 35.4 Å². The molecule has 1 saturated heterocycles. The minimum atomic E-state index is -0.695. The van der Waals surface area contributed by atoms with Gasteiger partial charge >= 0.3 is 5.97 Å². The number of carboxylic acid groups (broad SMARTS) is 1. The van der Waals surface area contributed by atoms with Gasteiger partial charge in [0.1, 0.15) is 0 Å². The van der Waals surface area contributed by atoms with Gasteiger partial charge in [-0.3, -0.25) is 4.79 Å². The van der Waals surface area contributed by atoms with Crippen LogP contribution in [0, 0.1) is 5.41 Å². The van der Waals surface area contributed by atoms with Crippen molar-refractivity contribution in [2.45, 2.75) is 39.5 Å². The first-order valence-electron chi connectivity index (χ1n) is 6.96. The smallest absolute Gasteiger partial charge is 0.303 e. The van der Waals surface area contributed by atoms with E-state index in [1.807, 2.05) is 0 Å². The van der Waals surface area contributed by atoms with Crippen molar-refractivity contribution in [3.8, 4) is 0 Å². The summed E-state index contributed by atoms with van der Waals surface area (Å²) in [6.07, 6.45) is 1.21. The Labute approximate surface area is 115 Å². The van der Waals surface area contributed by atoms with Crippen LogP contribution in [-0.2, 0) is 4.79 Å². The Morgan fingerprint density at radius 3 is 2.53 bits per heavy atom. The number of aliphatic carboxylic acids is 1. The normalized spacial score (nSPS) is 23.1. The molecule has 1 heterocycles. The van der Waals surface area contributed by atoms with Crippen molar-refractivity contribution < 1.29 is 9.90 Å². The van der Waals surface area contributed by atoms with Crippen molar-refractivity contribution in [2.75, 3.05) is 18.0 Å². The van der Waals surface area contributed by atoms with Gasteiger partial charge in [-0.25, -0.2) is 0 Å². The molecule has 0 bridgehead atoms. The van der Waals surface area contributed by atoms with E-state index < -0.39 is 5.97 Å². The Morgan fingerprint density at radius 1 is 1.37 bits per heavy atom. The summed E-state index contributed by atoms with van der Waals surface area (Å²) in [6.45, 7) is 8.23. The molecule has 1 aromatic carbocycles. The van der Waals surface area contributed by atoms with Crippen LogP contribution in [0.1, 0.15) is 45.1 Å². The first kappa shape index (κ1) is 13.9. The maximum absolute atomic E-state index is 10.9. The third kappa shape index (κ3) is 3.28. The molecule has 1 aliphatic rings. The molecule has 0 aliphatic carbocycles. The molecule has 0 saturated carbocycles. The summed E-state index contributed by atoms with van der Waals surface area (Å²) in [4.78, 5) is 13.2. The van der Waals surface area contributed by atoms with Gasteiger partial charge in [-0.1, -0.05) is 32.9 Å². The SMILES string of the molecule is CC(C)c1ccc(N2CCC(C)(CC(=O)O)C2)cc1. The van der Waals surface area contributed by atoms with Gasteiger partial charge in [0.25, 0.3) is 0 Å². The van der Waals surface area contributed by atoms with E-state index in [0.29, 0.717) is 5.92 Å². The number of hydrogen-bond acceptors (Lipinski definition) is 2. The van der Waals surface area contributed by atoms with E-state index in [0.717, 1.165) is 19.5 Å². The van der Waals surface area contributed by atoms with Crippen LogP contribution in [0.15, 0.2) is 24.3 Å². The Balaban J connectivity index is 2.06. The molecule has 19 heavy (non-hydrogen) atoms. The highest BCUT2D eigenvalue weighted by Gasteiger charge is 2.35. The molecule has 0 spiro atoms. The molecule has 1 N–H and O–H groups in total. The molecule has 0 aromatic heterocycles. The van der Waals surface area contributed by atoms with Crippen LogP contribution in [0.4, 0.5) is 5.69 Å². The monoisotopic (exact) mass is 261 g/mol. The van der Waals surface area contributed by atoms with Crippen molar-refractivity contribution in [2.24, 2.45) is 5.41 Å². The van der Waals surface area contributed by atoms with E-state index in [1.165, 1.54) is 11.3 Å². The van der Waals surface area contributed by atoms with E-state index in [2.05, 4.69) is 49.9 Å². The Hall–Kier alpha value is -1.51. The lowest BCUT2D eigenvalue weighted by atomic mass is 9.86. The average Bonchev–Trinajstić information content (AvgIpc) is 2.70. The van der Waals surface area contributed by atoms with Crippen molar-refractivity contribution in [1.82, 2.24) is 0 Å². The second kappa shape index (κ2) is 5.24. The van der Waals surface area contributed by atoms with Gasteiger partial charge in [-0.15, -0.1) is 0 Å². The largest absolute Gasteiger partial charge is 0.481 e. The predicted octanol–water partition coefficient (Wildman–Crippen LogP) is 3.50. The molecule has 104 valence electrons. The summed E-state index contributed by atoms with van der Waals surface area (Å²) >= 11 is 0. The molecule has 3 heteroatoms. The van der Waals surface area contributed by atoms with E-state index in [-0.39, 0.29) is 11.8 Å². The zero-order valence-corrected chi connectivity index (χ0v) is 12.0. The van der Waals surface area contributed by atoms with Gasteiger partial charge in [0.2, 0.25) is 0 Å². The van der Waals surface area contributed by atoms with E-state index in [1.54, 1.807) is 0 Å². The molecule has 1 aromatic rings. The van der Waals surface area contributed by atoms with Crippen molar-refractivity contribution in [3.05, 3.63) is 29.8 Å². The molecule has 0 amide bonds. The van der Waals surface area contributed by atoms with Gasteiger partial charge in [0.15, 0.2) is 0 Å². The first-order valence-corrected chi connectivity index (χ1v) is 6.96. The molecule has 1 fully saturated rings. The summed E-state index contributed by atoms with van der Waals surface area (Å²) in [6, 6.07) is 8.66. The number of nitrogens with zero attached hydrogens (tertiary/aromatic N) is 1. The Morgan fingerprint density at radius 2 is 2.00 bits per heavy atom. The summed E-state index contributed by atoms with van der Waals surface area (Å²) in [5.41, 5.74) is 2.46. The lowest BCUT2D eigenvalue weighted by Gasteiger charge is -2.24. The fourth-order valence-corrected chi connectivity index (χ4v) is 2.82. The third-order valence-corrected chi connectivity index (χ3v) is 4.06. The second-order valence-corrected chi connectivity index (χ2v) is 6.30. The highest BCUT2D eigenvalue weighted by molar-refractivity contribution is 5.68. The van der Waals surface area contributed by atoms with Gasteiger partial charge < -0.3 is 10.0 Å². The number of hydrogen-bond donors (Lipinski definition) is 1. The van der Waals surface area contributed by atoms with Crippen LogP contribution in [0.25, 0.3) is 0 Å². The van der Waals surface area contributed by atoms with Gasteiger partial charge in [0.05, 0.1) is 6.42 Å². The van der Waals surface area contributed by atoms with E-state index >= 15 is 0 Å². The van der Waals surface area contributed by atoms with E-state index in [9.17, 15) is 4.79 Å². The number of carbonyl (C=O) groups is 1. The number of carboxylic acids is 1. The highest BCUT2D eigenvalue weighted by atomic mass is 16.4. The maximum Gasteiger partial charge on any atom is 0.303 e. The zero-order valence-electron chi connectivity index (χ0n) is 12.0. The minimum absolute atomic E-state index is 0.0947. The fourth-order valence-electron chi connectivity index (χ4n) is 2.82. The van der Waals surface area contributed by atoms with Crippen LogP contribution in [0.5, 0.6) is 0 Å². The summed E-state index contributed by atoms with van der Waals surface area (Å²) < 4.78 is 0. The highest BCUT2D eigenvalue weighted by Crippen LogP contribution is 2.36. The topological polar surface area (TPSA) is 40.5 Å². The summed E-state index contributed by atoms with van der Waals surface area (Å²) in [7, 11) is 0. The molecular formula is C16H23NO2. The third-order valence-electron chi connectivity index (χ3n) is 4.06. The first-order chi connectivity index (χ1) is 8.89. The van der Waals surface area contributed by atoms with Crippen LogP contribution in [0.3, 0.4) is 0 Å². The summed E-state index contributed by atoms with van der Waals surface area (Å²) in [5.74, 6) is -0.149. The summed E-state index contributed by atoms with van der Waals surface area (Å²) in [5, 5.41) is 8.97. The van der Waals surface area contributed by atoms with Crippen molar-refractivity contribution >= 4 is 11.7 Å². The maximum atomic E-state index is 10.9. The van der Waals surface area contributed by atoms with Crippen molar-refractivity contribution in [3.63, 3.8) is 0 Å². The Bertz CT molecular complexity index is 452. The van der Waals surface area contributed by atoms with Gasteiger partial charge in [0, 0.05) is 18.8 Å². The van der Waals surface area contributed by atoms with Crippen LogP contribution < -0.4 is 4.90 Å². The number of benzene rings is 1. The Kier molecular flexibility index (Phi) is 3.83. The lowest BCUT2D eigenvalue weighted by Crippen LogP contribution is -2.26. The molecule has 1 atom stereocenters. The molecule has 3 nitrogen and oxygen atoms in total. The van der Waals surface area contributed by atoms with Crippen LogP contribution in [-0.4, -0.2) is 24.2 Å². The predicted molar refractivity (Wildman–Crippen MR) is 77.7 cm³/mol. The lowest BCUT2D eigenvalue weighted by molar-refractivity contribution is -0.139. The van der Waals surface area contributed by atoms with Crippen LogP contribution in [0.2, 0.25) is 0 Å². The second-order valence-electron chi connectivity index (χ2n) is 6.30. The molecular weight excluding hydrogens is 238 g/mol. The van der Waals surface area contributed by atoms with Gasteiger partial charge in [-0.2, -0.15) is 0 Å². The van der Waals surface area contributed by atoms with Crippen LogP contribution >= 0.6 is 0 Å². The minimum Gasteiger partial charge on any atom is -0.481 e.